The summed E-state index contributed by atoms with van der Waals surface area (Å²) in [4.78, 5) is 2.45. The molecule has 0 saturated heterocycles. The Morgan fingerprint density at radius 3 is 1.67 bits per heavy atom. The Bertz CT molecular complexity index is 2890. The van der Waals surface area contributed by atoms with Gasteiger partial charge in [-0.15, -0.1) is 0 Å². The van der Waals surface area contributed by atoms with Gasteiger partial charge in [0.2, 0.25) is 0 Å². The first-order valence-corrected chi connectivity index (χ1v) is 17.8. The number of furan rings is 1. The minimum atomic E-state index is 0.868. The second kappa shape index (κ2) is 12.5. The van der Waals surface area contributed by atoms with Gasteiger partial charge < -0.3 is 9.32 Å². The van der Waals surface area contributed by atoms with E-state index in [9.17, 15) is 0 Å². The molecule has 0 radical (unpaired) electrons. The monoisotopic (exact) mass is 663 g/mol. The third kappa shape index (κ3) is 5.04. The molecule has 0 N–H and O–H groups in total. The second-order valence-electron chi connectivity index (χ2n) is 13.3. The molecule has 0 aliphatic heterocycles. The number of hydrogen-bond acceptors (Lipinski definition) is 2. The molecule has 2 nitrogen and oxygen atoms in total. The van der Waals surface area contributed by atoms with Gasteiger partial charge in [0.1, 0.15) is 11.2 Å². The van der Waals surface area contributed by atoms with Gasteiger partial charge in [-0.2, -0.15) is 0 Å². The fourth-order valence-corrected chi connectivity index (χ4v) is 7.83. The van der Waals surface area contributed by atoms with Crippen LogP contribution in [0.25, 0.3) is 76.9 Å². The zero-order valence-electron chi connectivity index (χ0n) is 28.4. The smallest absolute Gasteiger partial charge is 0.136 e. The van der Waals surface area contributed by atoms with Crippen LogP contribution in [-0.4, -0.2) is 0 Å². The molecule has 0 fully saturated rings. The standard InChI is InChI=1S/C50H33NO/c1-3-14-34(15-4-1)36-26-28-40(29-27-36)51(46-33-38-18-7-8-21-41(38)42-22-9-10-23-43(42)46)45-30-31-48-50(44-24-11-12-25-47(44)52-48)49(45)39-20-13-19-37(32-39)35-16-5-2-6-17-35/h1-33H. The van der Waals surface area contributed by atoms with Crippen LogP contribution in [0.4, 0.5) is 17.1 Å². The molecule has 1 heterocycles. The van der Waals surface area contributed by atoms with Crippen LogP contribution in [0.5, 0.6) is 0 Å². The van der Waals surface area contributed by atoms with Crippen LogP contribution in [-0.2, 0) is 0 Å². The van der Waals surface area contributed by atoms with Crippen molar-refractivity contribution >= 4 is 60.5 Å². The SMILES string of the molecule is c1ccc(-c2ccc(N(c3ccc4oc5ccccc5c4c3-c3cccc(-c4ccccc4)c3)c3cc4ccccc4c4ccccc34)cc2)cc1. The Morgan fingerprint density at radius 2 is 0.904 bits per heavy atom. The number of nitrogens with zero attached hydrogens (tertiary/aromatic N) is 1. The molecule has 9 aromatic carbocycles. The molecule has 10 aromatic rings. The molecule has 0 atom stereocenters. The molecule has 2 heteroatoms. The van der Waals surface area contributed by atoms with Crippen LogP contribution >= 0.6 is 0 Å². The lowest BCUT2D eigenvalue weighted by Gasteiger charge is -2.30. The number of anilines is 3. The molecule has 10 rings (SSSR count). The third-order valence-electron chi connectivity index (χ3n) is 10.2. The van der Waals surface area contributed by atoms with Gasteiger partial charge in [0.25, 0.3) is 0 Å². The molecule has 0 aliphatic rings. The van der Waals surface area contributed by atoms with Gasteiger partial charge in [0.15, 0.2) is 0 Å². The first-order valence-electron chi connectivity index (χ1n) is 17.8. The highest BCUT2D eigenvalue weighted by atomic mass is 16.3. The highest BCUT2D eigenvalue weighted by Gasteiger charge is 2.24. The first kappa shape index (κ1) is 30.0. The minimum absolute atomic E-state index is 0.868. The lowest BCUT2D eigenvalue weighted by atomic mass is 9.92. The number of fused-ring (bicyclic) bond motifs is 6. The first-order chi connectivity index (χ1) is 25.8. The largest absolute Gasteiger partial charge is 0.456 e. The Balaban J connectivity index is 1.31. The van der Waals surface area contributed by atoms with Gasteiger partial charge in [-0.3, -0.25) is 0 Å². The molecular weight excluding hydrogens is 631 g/mol. The molecule has 0 aliphatic carbocycles. The Morgan fingerprint density at radius 1 is 0.327 bits per heavy atom. The van der Waals surface area contributed by atoms with E-state index in [1.807, 2.05) is 6.07 Å². The van der Waals surface area contributed by atoms with E-state index >= 15 is 0 Å². The predicted molar refractivity (Wildman–Crippen MR) is 220 cm³/mol. The molecule has 244 valence electrons. The van der Waals surface area contributed by atoms with Crippen molar-refractivity contribution in [3.8, 4) is 33.4 Å². The van der Waals surface area contributed by atoms with Gasteiger partial charge in [0, 0.05) is 27.4 Å². The maximum Gasteiger partial charge on any atom is 0.136 e. The molecule has 0 saturated carbocycles. The van der Waals surface area contributed by atoms with Gasteiger partial charge in [-0.05, 0) is 86.4 Å². The second-order valence-corrected chi connectivity index (χ2v) is 13.3. The summed E-state index contributed by atoms with van der Waals surface area (Å²) in [6.45, 7) is 0. The molecular formula is C50H33NO. The van der Waals surface area contributed by atoms with E-state index in [4.69, 9.17) is 4.42 Å². The predicted octanol–water partition coefficient (Wildman–Crippen LogP) is 14.4. The van der Waals surface area contributed by atoms with Crippen molar-refractivity contribution in [3.05, 3.63) is 200 Å². The van der Waals surface area contributed by atoms with Crippen molar-refractivity contribution in [1.82, 2.24) is 0 Å². The van der Waals surface area contributed by atoms with E-state index in [-0.39, 0.29) is 0 Å². The van der Waals surface area contributed by atoms with Gasteiger partial charge in [0.05, 0.1) is 11.4 Å². The van der Waals surface area contributed by atoms with E-state index in [1.54, 1.807) is 0 Å². The molecule has 0 spiro atoms. The summed E-state index contributed by atoms with van der Waals surface area (Å²) < 4.78 is 6.55. The summed E-state index contributed by atoms with van der Waals surface area (Å²) in [7, 11) is 0. The highest BCUT2D eigenvalue weighted by Crippen LogP contribution is 2.49. The fourth-order valence-electron chi connectivity index (χ4n) is 7.83. The maximum atomic E-state index is 6.55. The molecule has 52 heavy (non-hydrogen) atoms. The van der Waals surface area contributed by atoms with Crippen molar-refractivity contribution in [2.75, 3.05) is 4.90 Å². The number of benzene rings is 9. The van der Waals surface area contributed by atoms with Crippen LogP contribution in [0.15, 0.2) is 205 Å². The van der Waals surface area contributed by atoms with Crippen LogP contribution in [0.1, 0.15) is 0 Å². The Hall–Kier alpha value is -6.90. The van der Waals surface area contributed by atoms with E-state index in [0.717, 1.165) is 50.1 Å². The number of para-hydroxylation sites is 1. The summed E-state index contributed by atoms with van der Waals surface area (Å²) >= 11 is 0. The fraction of sp³-hybridized carbons (Fsp3) is 0. The number of rotatable bonds is 6. The highest BCUT2D eigenvalue weighted by molar-refractivity contribution is 6.19. The van der Waals surface area contributed by atoms with E-state index in [2.05, 4.69) is 199 Å². The van der Waals surface area contributed by atoms with Crippen molar-refractivity contribution in [1.29, 1.82) is 0 Å². The normalized spacial score (nSPS) is 11.5. The summed E-state index contributed by atoms with van der Waals surface area (Å²) in [5.41, 5.74) is 12.0. The van der Waals surface area contributed by atoms with Gasteiger partial charge >= 0.3 is 0 Å². The van der Waals surface area contributed by atoms with Crippen molar-refractivity contribution in [2.24, 2.45) is 0 Å². The average molecular weight is 664 g/mol. The zero-order valence-corrected chi connectivity index (χ0v) is 28.4. The molecule has 0 bridgehead atoms. The molecule has 0 amide bonds. The van der Waals surface area contributed by atoms with Crippen molar-refractivity contribution < 1.29 is 4.42 Å². The number of hydrogen-bond donors (Lipinski definition) is 0. The van der Waals surface area contributed by atoms with Gasteiger partial charge in [-0.1, -0.05) is 158 Å². The lowest BCUT2D eigenvalue weighted by molar-refractivity contribution is 0.669. The van der Waals surface area contributed by atoms with Crippen LogP contribution < -0.4 is 4.90 Å². The van der Waals surface area contributed by atoms with Crippen molar-refractivity contribution in [3.63, 3.8) is 0 Å². The van der Waals surface area contributed by atoms with E-state index in [1.165, 1.54) is 43.8 Å². The Kier molecular flexibility index (Phi) is 7.18. The quantitative estimate of drug-likeness (QED) is 0.165. The third-order valence-corrected chi connectivity index (χ3v) is 10.2. The Labute approximate surface area is 302 Å². The van der Waals surface area contributed by atoms with Crippen LogP contribution in [0.2, 0.25) is 0 Å². The molecule has 0 unspecified atom stereocenters. The summed E-state index contributed by atoms with van der Waals surface area (Å²) in [5.74, 6) is 0. The average Bonchev–Trinajstić information content (AvgIpc) is 3.61. The molecule has 1 aromatic heterocycles. The van der Waals surface area contributed by atoms with Crippen LogP contribution in [0.3, 0.4) is 0 Å². The van der Waals surface area contributed by atoms with Crippen molar-refractivity contribution in [2.45, 2.75) is 0 Å². The minimum Gasteiger partial charge on any atom is -0.456 e. The van der Waals surface area contributed by atoms with E-state index in [0.29, 0.717) is 0 Å². The lowest BCUT2D eigenvalue weighted by Crippen LogP contribution is -2.12. The van der Waals surface area contributed by atoms with E-state index < -0.39 is 0 Å². The maximum absolute atomic E-state index is 6.55. The zero-order chi connectivity index (χ0) is 34.4. The summed E-state index contributed by atoms with van der Waals surface area (Å²) in [5, 5.41) is 7.06. The van der Waals surface area contributed by atoms with Crippen LogP contribution in [0, 0.1) is 0 Å². The topological polar surface area (TPSA) is 16.4 Å². The summed E-state index contributed by atoms with van der Waals surface area (Å²) in [6, 6.07) is 71.8. The summed E-state index contributed by atoms with van der Waals surface area (Å²) in [6.07, 6.45) is 0. The van der Waals surface area contributed by atoms with Gasteiger partial charge in [-0.25, -0.2) is 0 Å².